The first-order valence-electron chi connectivity index (χ1n) is 8.74. The summed E-state index contributed by atoms with van der Waals surface area (Å²) in [6, 6.07) is 12.0. The number of ether oxygens (including phenoxy) is 1. The summed E-state index contributed by atoms with van der Waals surface area (Å²) in [6.45, 7) is 1.40. The fraction of sp³-hybridized carbons (Fsp3) is 0.150. The summed E-state index contributed by atoms with van der Waals surface area (Å²) in [5, 5.41) is 11.6. The van der Waals surface area contributed by atoms with Gasteiger partial charge < -0.3 is 15.4 Å². The van der Waals surface area contributed by atoms with Gasteiger partial charge in [0.25, 0.3) is 11.8 Å². The van der Waals surface area contributed by atoms with E-state index in [9.17, 15) is 22.8 Å². The van der Waals surface area contributed by atoms with Crippen LogP contribution in [0.3, 0.4) is 0 Å². The van der Waals surface area contributed by atoms with Gasteiger partial charge in [0.15, 0.2) is 12.4 Å². The SMILES string of the molecule is Cc1cc(NC(=O)c2ccc(OCC(=O)Nc3cccc(C(F)(F)F)c3)cc2)n[nH]1. The number of carbonyl (C=O) groups excluding carboxylic acids is 2. The molecule has 0 radical (unpaired) electrons. The van der Waals surface area contributed by atoms with E-state index in [4.69, 9.17) is 4.74 Å². The first-order chi connectivity index (χ1) is 14.2. The summed E-state index contributed by atoms with van der Waals surface area (Å²) >= 11 is 0. The minimum Gasteiger partial charge on any atom is -0.484 e. The second kappa shape index (κ2) is 8.68. The van der Waals surface area contributed by atoms with Crippen molar-refractivity contribution in [3.8, 4) is 5.75 Å². The lowest BCUT2D eigenvalue weighted by Crippen LogP contribution is -2.20. The first kappa shape index (κ1) is 20.9. The number of aromatic amines is 1. The van der Waals surface area contributed by atoms with E-state index in [-0.39, 0.29) is 11.6 Å². The number of hydrogen-bond acceptors (Lipinski definition) is 4. The lowest BCUT2D eigenvalue weighted by atomic mass is 10.2. The monoisotopic (exact) mass is 418 g/mol. The molecule has 10 heteroatoms. The smallest absolute Gasteiger partial charge is 0.416 e. The number of carbonyl (C=O) groups is 2. The zero-order valence-corrected chi connectivity index (χ0v) is 15.7. The van der Waals surface area contributed by atoms with Crippen LogP contribution in [0, 0.1) is 6.92 Å². The second-order valence-electron chi connectivity index (χ2n) is 6.33. The van der Waals surface area contributed by atoms with E-state index >= 15 is 0 Å². The summed E-state index contributed by atoms with van der Waals surface area (Å²) in [5.74, 6) is -0.272. The number of nitrogens with one attached hydrogen (secondary N) is 3. The number of nitrogens with zero attached hydrogens (tertiary/aromatic N) is 1. The molecule has 0 unspecified atom stereocenters. The fourth-order valence-corrected chi connectivity index (χ4v) is 2.49. The van der Waals surface area contributed by atoms with Crippen LogP contribution in [0.15, 0.2) is 54.6 Å². The zero-order chi connectivity index (χ0) is 21.7. The van der Waals surface area contributed by atoms with Gasteiger partial charge in [-0.15, -0.1) is 0 Å². The predicted molar refractivity (Wildman–Crippen MR) is 103 cm³/mol. The van der Waals surface area contributed by atoms with Crippen molar-refractivity contribution < 1.29 is 27.5 Å². The highest BCUT2D eigenvalue weighted by molar-refractivity contribution is 6.03. The largest absolute Gasteiger partial charge is 0.484 e. The molecule has 1 heterocycles. The lowest BCUT2D eigenvalue weighted by Gasteiger charge is -2.11. The van der Waals surface area contributed by atoms with Crippen LogP contribution in [-0.2, 0) is 11.0 Å². The van der Waals surface area contributed by atoms with E-state index in [1.807, 2.05) is 0 Å². The van der Waals surface area contributed by atoms with Crippen LogP contribution in [0.4, 0.5) is 24.7 Å². The third-order valence-electron chi connectivity index (χ3n) is 3.91. The molecule has 0 fully saturated rings. The van der Waals surface area contributed by atoms with Gasteiger partial charge in [0.1, 0.15) is 5.75 Å². The van der Waals surface area contributed by atoms with Crippen molar-refractivity contribution in [1.82, 2.24) is 10.2 Å². The van der Waals surface area contributed by atoms with E-state index in [0.29, 0.717) is 17.1 Å². The van der Waals surface area contributed by atoms with Crippen molar-refractivity contribution in [2.24, 2.45) is 0 Å². The van der Waals surface area contributed by atoms with Gasteiger partial charge in [-0.3, -0.25) is 14.7 Å². The normalized spacial score (nSPS) is 11.1. The summed E-state index contributed by atoms with van der Waals surface area (Å²) in [6.07, 6.45) is -4.50. The number of amides is 2. The Kier molecular flexibility index (Phi) is 6.05. The second-order valence-corrected chi connectivity index (χ2v) is 6.33. The quantitative estimate of drug-likeness (QED) is 0.564. The molecule has 0 atom stereocenters. The molecule has 0 spiro atoms. The van der Waals surface area contributed by atoms with E-state index in [1.165, 1.54) is 36.4 Å². The van der Waals surface area contributed by atoms with E-state index in [2.05, 4.69) is 20.8 Å². The number of H-pyrrole nitrogens is 1. The molecular weight excluding hydrogens is 401 g/mol. The Balaban J connectivity index is 1.52. The van der Waals surface area contributed by atoms with Crippen LogP contribution in [0.2, 0.25) is 0 Å². The van der Waals surface area contributed by atoms with Gasteiger partial charge in [0, 0.05) is 23.0 Å². The van der Waals surface area contributed by atoms with Gasteiger partial charge in [-0.05, 0) is 49.4 Å². The molecule has 0 aliphatic carbocycles. The van der Waals surface area contributed by atoms with Crippen LogP contribution >= 0.6 is 0 Å². The molecule has 3 aromatic rings. The van der Waals surface area contributed by atoms with Crippen molar-refractivity contribution >= 4 is 23.3 Å². The van der Waals surface area contributed by atoms with E-state index in [0.717, 1.165) is 17.8 Å². The number of aryl methyl sites for hydroxylation is 1. The maximum Gasteiger partial charge on any atom is 0.416 e. The molecule has 156 valence electrons. The first-order valence-corrected chi connectivity index (χ1v) is 8.74. The highest BCUT2D eigenvalue weighted by atomic mass is 19.4. The molecule has 3 rings (SSSR count). The maximum atomic E-state index is 12.7. The van der Waals surface area contributed by atoms with Crippen LogP contribution in [0.25, 0.3) is 0 Å². The van der Waals surface area contributed by atoms with Crippen molar-refractivity contribution in [3.63, 3.8) is 0 Å². The lowest BCUT2D eigenvalue weighted by molar-refractivity contribution is -0.137. The van der Waals surface area contributed by atoms with Gasteiger partial charge >= 0.3 is 6.18 Å². The number of halogens is 3. The maximum absolute atomic E-state index is 12.7. The molecule has 0 aliphatic heterocycles. The number of anilines is 2. The molecule has 0 bridgehead atoms. The Labute approximate surface area is 169 Å². The minimum atomic E-state index is -4.50. The molecule has 3 N–H and O–H groups in total. The molecule has 30 heavy (non-hydrogen) atoms. The minimum absolute atomic E-state index is 0.0130. The van der Waals surface area contributed by atoms with Crippen molar-refractivity contribution in [2.75, 3.05) is 17.2 Å². The zero-order valence-electron chi connectivity index (χ0n) is 15.7. The van der Waals surface area contributed by atoms with Crippen molar-refractivity contribution in [1.29, 1.82) is 0 Å². The topological polar surface area (TPSA) is 96.1 Å². The molecule has 0 saturated carbocycles. The third kappa shape index (κ3) is 5.60. The highest BCUT2D eigenvalue weighted by Crippen LogP contribution is 2.30. The average molecular weight is 418 g/mol. The van der Waals surface area contributed by atoms with Gasteiger partial charge in [-0.1, -0.05) is 6.07 Å². The molecule has 2 aromatic carbocycles. The number of alkyl halides is 3. The van der Waals surface area contributed by atoms with Gasteiger partial charge in [-0.2, -0.15) is 18.3 Å². The molecule has 7 nitrogen and oxygen atoms in total. The number of benzene rings is 2. The van der Waals surface area contributed by atoms with E-state index in [1.54, 1.807) is 13.0 Å². The molecule has 0 saturated heterocycles. The van der Waals surface area contributed by atoms with Crippen molar-refractivity contribution in [3.05, 3.63) is 71.4 Å². The predicted octanol–water partition coefficient (Wildman–Crippen LogP) is 4.01. The Morgan fingerprint density at radius 3 is 2.43 bits per heavy atom. The van der Waals surface area contributed by atoms with Gasteiger partial charge in [0.05, 0.1) is 5.56 Å². The van der Waals surface area contributed by atoms with Gasteiger partial charge in [0.2, 0.25) is 0 Å². The number of rotatable bonds is 6. The Bertz CT molecular complexity index is 1050. The van der Waals surface area contributed by atoms with Crippen LogP contribution in [-0.4, -0.2) is 28.6 Å². The fourth-order valence-electron chi connectivity index (χ4n) is 2.49. The summed E-state index contributed by atoms with van der Waals surface area (Å²) in [5.41, 5.74) is 0.313. The average Bonchev–Trinajstić information content (AvgIpc) is 3.11. The Hall–Kier alpha value is -3.82. The third-order valence-corrected chi connectivity index (χ3v) is 3.91. The van der Waals surface area contributed by atoms with Crippen molar-refractivity contribution in [2.45, 2.75) is 13.1 Å². The summed E-state index contributed by atoms with van der Waals surface area (Å²) in [7, 11) is 0. The number of hydrogen-bond donors (Lipinski definition) is 3. The van der Waals surface area contributed by atoms with Crippen LogP contribution in [0.5, 0.6) is 5.75 Å². The van der Waals surface area contributed by atoms with Gasteiger partial charge in [-0.25, -0.2) is 0 Å². The van der Waals surface area contributed by atoms with Crippen LogP contribution < -0.4 is 15.4 Å². The number of aromatic nitrogens is 2. The summed E-state index contributed by atoms with van der Waals surface area (Å²) in [4.78, 5) is 24.1. The van der Waals surface area contributed by atoms with Crippen LogP contribution in [0.1, 0.15) is 21.6 Å². The highest BCUT2D eigenvalue weighted by Gasteiger charge is 2.30. The van der Waals surface area contributed by atoms with E-state index < -0.39 is 24.3 Å². The Morgan fingerprint density at radius 1 is 1.07 bits per heavy atom. The molecular formula is C20H17F3N4O3. The summed E-state index contributed by atoms with van der Waals surface area (Å²) < 4.78 is 43.5. The molecule has 1 aromatic heterocycles. The Morgan fingerprint density at radius 2 is 1.80 bits per heavy atom. The molecule has 2 amide bonds. The molecule has 0 aliphatic rings. The standard InChI is InChI=1S/C20H17F3N4O3/c1-12-9-17(27-26-12)25-19(29)13-5-7-16(8-6-13)30-11-18(28)24-15-4-2-3-14(10-15)20(21,22)23/h2-10H,11H2,1H3,(H,24,28)(H2,25,26,27,29).